The Morgan fingerprint density at radius 3 is 2.21 bits per heavy atom. The summed E-state index contributed by atoms with van der Waals surface area (Å²) in [4.78, 5) is 26.8. The molecule has 1 aliphatic rings. The van der Waals surface area contributed by atoms with E-state index in [1.165, 1.54) is 35.5 Å². The van der Waals surface area contributed by atoms with Gasteiger partial charge in [0.05, 0.1) is 4.92 Å². The second kappa shape index (κ2) is 6.70. The van der Waals surface area contributed by atoms with E-state index in [0.29, 0.717) is 18.7 Å². The van der Waals surface area contributed by atoms with Gasteiger partial charge in [-0.2, -0.15) is 0 Å². The van der Waals surface area contributed by atoms with Gasteiger partial charge in [-0.1, -0.05) is 18.2 Å². The van der Waals surface area contributed by atoms with Gasteiger partial charge in [-0.05, 0) is 30.7 Å². The highest BCUT2D eigenvalue weighted by Gasteiger charge is 2.23. The van der Waals surface area contributed by atoms with E-state index in [2.05, 4.69) is 24.0 Å². The minimum atomic E-state index is -0.463. The van der Waals surface area contributed by atoms with Gasteiger partial charge in [0, 0.05) is 49.6 Å². The van der Waals surface area contributed by atoms with Crippen LogP contribution < -0.4 is 4.90 Å². The van der Waals surface area contributed by atoms with E-state index in [-0.39, 0.29) is 11.6 Å². The van der Waals surface area contributed by atoms with E-state index in [9.17, 15) is 14.9 Å². The molecule has 24 heavy (non-hydrogen) atoms. The molecule has 2 aromatic carbocycles. The molecule has 0 spiro atoms. The maximum atomic E-state index is 12.5. The Hall–Kier alpha value is -2.89. The first-order valence-electron chi connectivity index (χ1n) is 7.90. The molecule has 6 heteroatoms. The second-order valence-electron chi connectivity index (χ2n) is 5.87. The Bertz CT molecular complexity index is 750. The molecule has 1 heterocycles. The van der Waals surface area contributed by atoms with Crippen LogP contribution in [-0.4, -0.2) is 41.9 Å². The number of hydrogen-bond acceptors (Lipinski definition) is 4. The van der Waals surface area contributed by atoms with Crippen LogP contribution in [0.15, 0.2) is 48.5 Å². The van der Waals surface area contributed by atoms with Gasteiger partial charge in [0.2, 0.25) is 0 Å². The minimum Gasteiger partial charge on any atom is -0.368 e. The molecule has 1 aliphatic heterocycles. The second-order valence-corrected chi connectivity index (χ2v) is 5.87. The Balaban J connectivity index is 1.65. The van der Waals surface area contributed by atoms with Crippen molar-refractivity contribution in [2.75, 3.05) is 31.1 Å². The molecule has 1 saturated heterocycles. The van der Waals surface area contributed by atoms with Crippen molar-refractivity contribution in [2.45, 2.75) is 6.92 Å². The fraction of sp³-hybridized carbons (Fsp3) is 0.278. The van der Waals surface area contributed by atoms with E-state index < -0.39 is 4.92 Å². The molecule has 0 atom stereocenters. The largest absolute Gasteiger partial charge is 0.368 e. The van der Waals surface area contributed by atoms with E-state index in [1.807, 2.05) is 12.1 Å². The first-order chi connectivity index (χ1) is 11.6. The predicted molar refractivity (Wildman–Crippen MR) is 92.4 cm³/mol. The standard InChI is InChI=1S/C18H19N3O3/c1-14-4-2-3-5-17(14)19-10-12-20(13-11-19)18(22)15-6-8-16(9-7-15)21(23)24/h2-9H,10-13H2,1H3. The average Bonchev–Trinajstić information content (AvgIpc) is 2.62. The molecule has 6 nitrogen and oxygen atoms in total. The number of nitrogens with zero attached hydrogens (tertiary/aromatic N) is 3. The van der Waals surface area contributed by atoms with E-state index in [1.54, 1.807) is 4.90 Å². The summed E-state index contributed by atoms with van der Waals surface area (Å²) >= 11 is 0. The van der Waals surface area contributed by atoms with Crippen molar-refractivity contribution in [3.63, 3.8) is 0 Å². The summed E-state index contributed by atoms with van der Waals surface area (Å²) in [5.41, 5.74) is 2.92. The van der Waals surface area contributed by atoms with Gasteiger partial charge in [-0.15, -0.1) is 0 Å². The first-order valence-corrected chi connectivity index (χ1v) is 7.90. The summed E-state index contributed by atoms with van der Waals surface area (Å²) in [6, 6.07) is 14.0. The zero-order chi connectivity index (χ0) is 17.1. The summed E-state index contributed by atoms with van der Waals surface area (Å²) in [5, 5.41) is 10.7. The van der Waals surface area contributed by atoms with Crippen molar-refractivity contribution in [1.29, 1.82) is 0 Å². The summed E-state index contributed by atoms with van der Waals surface area (Å²) in [6.45, 7) is 4.94. The average molecular weight is 325 g/mol. The molecule has 0 saturated carbocycles. The maximum absolute atomic E-state index is 12.5. The highest BCUT2D eigenvalue weighted by Crippen LogP contribution is 2.21. The van der Waals surface area contributed by atoms with Crippen LogP contribution in [-0.2, 0) is 0 Å². The molecule has 124 valence electrons. The highest BCUT2D eigenvalue weighted by molar-refractivity contribution is 5.94. The third kappa shape index (κ3) is 3.22. The van der Waals surface area contributed by atoms with Gasteiger partial charge < -0.3 is 9.80 Å². The molecular weight excluding hydrogens is 306 g/mol. The summed E-state index contributed by atoms with van der Waals surface area (Å²) in [6.07, 6.45) is 0. The van der Waals surface area contributed by atoms with Gasteiger partial charge in [0.25, 0.3) is 11.6 Å². The molecule has 0 radical (unpaired) electrons. The monoisotopic (exact) mass is 325 g/mol. The van der Waals surface area contributed by atoms with Crippen LogP contribution in [0.3, 0.4) is 0 Å². The molecule has 1 fully saturated rings. The lowest BCUT2D eigenvalue weighted by Gasteiger charge is -2.36. The lowest BCUT2D eigenvalue weighted by atomic mass is 10.1. The lowest BCUT2D eigenvalue weighted by Crippen LogP contribution is -2.49. The zero-order valence-electron chi connectivity index (χ0n) is 13.5. The number of benzene rings is 2. The summed E-state index contributed by atoms with van der Waals surface area (Å²) < 4.78 is 0. The number of hydrogen-bond donors (Lipinski definition) is 0. The molecule has 0 aromatic heterocycles. The fourth-order valence-electron chi connectivity index (χ4n) is 2.98. The summed E-state index contributed by atoms with van der Waals surface area (Å²) in [7, 11) is 0. The van der Waals surface area contributed by atoms with Gasteiger partial charge in [0.1, 0.15) is 0 Å². The molecule has 0 aliphatic carbocycles. The first kappa shape index (κ1) is 16.0. The van der Waals surface area contributed by atoms with E-state index in [4.69, 9.17) is 0 Å². The Labute approximate surface area is 140 Å². The number of non-ortho nitro benzene ring substituents is 1. The van der Waals surface area contributed by atoms with Crippen LogP contribution in [0.1, 0.15) is 15.9 Å². The van der Waals surface area contributed by atoms with Gasteiger partial charge in [-0.25, -0.2) is 0 Å². The number of nitro groups is 1. The molecule has 2 aromatic rings. The van der Waals surface area contributed by atoms with E-state index in [0.717, 1.165) is 13.1 Å². The van der Waals surface area contributed by atoms with Crippen molar-refractivity contribution in [3.8, 4) is 0 Å². The van der Waals surface area contributed by atoms with Crippen LogP contribution in [0.5, 0.6) is 0 Å². The third-order valence-corrected chi connectivity index (χ3v) is 4.35. The lowest BCUT2D eigenvalue weighted by molar-refractivity contribution is -0.384. The minimum absolute atomic E-state index is 0.00378. The number of carbonyl (C=O) groups is 1. The van der Waals surface area contributed by atoms with Crippen molar-refractivity contribution in [2.24, 2.45) is 0 Å². The maximum Gasteiger partial charge on any atom is 0.269 e. The highest BCUT2D eigenvalue weighted by atomic mass is 16.6. The van der Waals surface area contributed by atoms with Crippen molar-refractivity contribution >= 4 is 17.3 Å². The predicted octanol–water partition coefficient (Wildman–Crippen LogP) is 2.87. The Morgan fingerprint density at radius 2 is 1.62 bits per heavy atom. The number of rotatable bonds is 3. The van der Waals surface area contributed by atoms with Crippen molar-refractivity contribution in [1.82, 2.24) is 4.90 Å². The van der Waals surface area contributed by atoms with Crippen LogP contribution >= 0.6 is 0 Å². The normalized spacial score (nSPS) is 14.5. The molecule has 0 bridgehead atoms. The number of anilines is 1. The molecular formula is C18H19N3O3. The number of amides is 1. The van der Waals surface area contributed by atoms with Crippen molar-refractivity contribution < 1.29 is 9.72 Å². The van der Waals surface area contributed by atoms with E-state index >= 15 is 0 Å². The zero-order valence-corrected chi connectivity index (χ0v) is 13.5. The van der Waals surface area contributed by atoms with Gasteiger partial charge in [-0.3, -0.25) is 14.9 Å². The van der Waals surface area contributed by atoms with Crippen LogP contribution in [0.4, 0.5) is 11.4 Å². The Morgan fingerprint density at radius 1 is 1.00 bits per heavy atom. The number of carbonyl (C=O) groups excluding carboxylic acids is 1. The molecule has 3 rings (SSSR count). The number of aryl methyl sites for hydroxylation is 1. The third-order valence-electron chi connectivity index (χ3n) is 4.35. The van der Waals surface area contributed by atoms with Crippen LogP contribution in [0, 0.1) is 17.0 Å². The van der Waals surface area contributed by atoms with Crippen molar-refractivity contribution in [3.05, 3.63) is 69.8 Å². The SMILES string of the molecule is Cc1ccccc1N1CCN(C(=O)c2ccc([N+](=O)[O-])cc2)CC1. The van der Waals surface area contributed by atoms with Gasteiger partial charge in [0.15, 0.2) is 0 Å². The number of piperazine rings is 1. The molecule has 0 unspecified atom stereocenters. The Kier molecular flexibility index (Phi) is 4.46. The van der Waals surface area contributed by atoms with Crippen LogP contribution in [0.2, 0.25) is 0 Å². The fourth-order valence-corrected chi connectivity index (χ4v) is 2.98. The summed E-state index contributed by atoms with van der Waals surface area (Å²) in [5.74, 6) is -0.0747. The topological polar surface area (TPSA) is 66.7 Å². The van der Waals surface area contributed by atoms with Crippen LogP contribution in [0.25, 0.3) is 0 Å². The molecule has 0 N–H and O–H groups in total. The quantitative estimate of drug-likeness (QED) is 0.643. The smallest absolute Gasteiger partial charge is 0.269 e. The number of nitro benzene ring substituents is 1. The van der Waals surface area contributed by atoms with Gasteiger partial charge >= 0.3 is 0 Å². The number of para-hydroxylation sites is 1. The molecule has 1 amide bonds.